The van der Waals surface area contributed by atoms with Crippen LogP contribution in [0.2, 0.25) is 0 Å². The summed E-state index contributed by atoms with van der Waals surface area (Å²) in [5.74, 6) is -0.242. The summed E-state index contributed by atoms with van der Waals surface area (Å²) in [4.78, 5) is 56.2. The van der Waals surface area contributed by atoms with Gasteiger partial charge in [0.1, 0.15) is 17.1 Å². The number of H-pyrrole nitrogens is 1. The summed E-state index contributed by atoms with van der Waals surface area (Å²) in [7, 11) is -16.7. The lowest BCUT2D eigenvalue weighted by Crippen LogP contribution is -2.39. The number of alkyl halides is 1. The number of fused-ring (bicyclic) bond motifs is 1. The number of aromatic nitrogens is 4. The first-order valence-electron chi connectivity index (χ1n) is 8.45. The van der Waals surface area contributed by atoms with Gasteiger partial charge in [-0.25, -0.2) is 18.7 Å². The van der Waals surface area contributed by atoms with Crippen molar-refractivity contribution in [2.24, 2.45) is 0 Å². The molecule has 3 heterocycles. The second-order valence-corrected chi connectivity index (χ2v) is 12.0. The van der Waals surface area contributed by atoms with Crippen LogP contribution in [0, 0.1) is 0 Å². The number of nitrogens with one attached hydrogen (secondary N) is 1. The fraction of sp³-hybridized carbons (Fsp3) is 0.545. The number of hydrogen-bond acceptors (Lipinski definition) is 12. The maximum Gasteiger partial charge on any atom is 0.490 e. The number of ether oxygens (including phenoxy) is 1. The Bertz CT molecular complexity index is 1260. The number of nitrogens with two attached hydrogens (primary N) is 1. The van der Waals surface area contributed by atoms with Crippen molar-refractivity contribution in [1.82, 2.24) is 19.5 Å². The lowest BCUT2D eigenvalue weighted by molar-refractivity contribution is -0.0432. The molecule has 33 heavy (non-hydrogen) atoms. The molecule has 18 nitrogen and oxygen atoms in total. The van der Waals surface area contributed by atoms with Gasteiger partial charge in [-0.2, -0.15) is 13.6 Å². The molecular weight excluding hydrogens is 539 g/mol. The summed E-state index contributed by atoms with van der Waals surface area (Å²) >= 11 is 6.40. The number of nitrogen functional groups attached to an aromatic ring is 1. The van der Waals surface area contributed by atoms with Crippen molar-refractivity contribution in [2.75, 3.05) is 12.3 Å². The molecule has 22 heteroatoms. The maximum atomic E-state index is 12.0. The van der Waals surface area contributed by atoms with Crippen LogP contribution in [0.5, 0.6) is 0 Å². The highest BCUT2D eigenvalue weighted by atomic mass is 35.5. The van der Waals surface area contributed by atoms with Gasteiger partial charge in [-0.3, -0.25) is 18.9 Å². The van der Waals surface area contributed by atoms with Gasteiger partial charge in [0.05, 0.1) is 12.9 Å². The van der Waals surface area contributed by atoms with Gasteiger partial charge in [-0.05, 0) is 6.92 Å². The lowest BCUT2D eigenvalue weighted by Gasteiger charge is -2.26. The van der Waals surface area contributed by atoms with Gasteiger partial charge in [0.25, 0.3) is 5.56 Å². The molecule has 1 saturated heterocycles. The molecule has 0 bridgehead atoms. The number of phosphoric acid groups is 3. The maximum absolute atomic E-state index is 12.0. The Balaban J connectivity index is 1.78. The number of anilines is 1. The molecule has 3 rings (SSSR count). The largest absolute Gasteiger partial charge is 0.490 e. The average molecular weight is 556 g/mol. The molecule has 0 radical (unpaired) electrons. The number of aliphatic hydroxyl groups excluding tert-OH is 1. The zero-order chi connectivity index (χ0) is 25.0. The predicted octanol–water partition coefficient (Wildman–Crippen LogP) is -0.699. The number of rotatable bonds is 8. The molecule has 2 aromatic heterocycles. The highest BCUT2D eigenvalue weighted by Gasteiger charge is 2.54. The van der Waals surface area contributed by atoms with E-state index in [1.165, 1.54) is 11.5 Å². The van der Waals surface area contributed by atoms with Gasteiger partial charge in [0, 0.05) is 0 Å². The van der Waals surface area contributed by atoms with Crippen molar-refractivity contribution in [2.45, 2.75) is 30.2 Å². The summed E-state index contributed by atoms with van der Waals surface area (Å²) in [6.07, 6.45) is -3.16. The van der Waals surface area contributed by atoms with Crippen molar-refractivity contribution in [1.29, 1.82) is 0 Å². The number of aliphatic hydroxyl groups is 1. The summed E-state index contributed by atoms with van der Waals surface area (Å²) in [5.41, 5.74) is 4.71. The molecule has 0 aliphatic carbocycles. The quantitative estimate of drug-likeness (QED) is 0.156. The van der Waals surface area contributed by atoms with Crippen molar-refractivity contribution in [3.05, 3.63) is 16.7 Å². The van der Waals surface area contributed by atoms with Crippen LogP contribution in [0.15, 0.2) is 11.1 Å². The number of nitrogens with zero attached hydrogens (tertiary/aromatic N) is 3. The molecule has 0 aromatic carbocycles. The van der Waals surface area contributed by atoms with E-state index in [2.05, 4.69) is 28.1 Å². The third-order valence-electron chi connectivity index (χ3n) is 4.24. The van der Waals surface area contributed by atoms with E-state index in [4.69, 9.17) is 31.9 Å². The molecule has 186 valence electrons. The molecule has 1 fully saturated rings. The summed E-state index contributed by atoms with van der Waals surface area (Å²) < 4.78 is 52.4. The zero-order valence-electron chi connectivity index (χ0n) is 16.2. The minimum atomic E-state index is -5.72. The van der Waals surface area contributed by atoms with Crippen LogP contribution >= 0.6 is 35.1 Å². The van der Waals surface area contributed by atoms with E-state index in [1.807, 2.05) is 0 Å². The Labute approximate surface area is 187 Å². The number of halogens is 1. The highest BCUT2D eigenvalue weighted by Crippen LogP contribution is 2.66. The van der Waals surface area contributed by atoms with Gasteiger partial charge in [0.2, 0.25) is 5.95 Å². The van der Waals surface area contributed by atoms with Crippen LogP contribution in [-0.2, 0) is 31.6 Å². The minimum Gasteiger partial charge on any atom is -0.388 e. The van der Waals surface area contributed by atoms with E-state index in [9.17, 15) is 33.4 Å². The fourth-order valence-electron chi connectivity index (χ4n) is 2.94. The van der Waals surface area contributed by atoms with Crippen molar-refractivity contribution in [3.8, 4) is 0 Å². The van der Waals surface area contributed by atoms with Gasteiger partial charge in [-0.1, -0.05) is 0 Å². The zero-order valence-corrected chi connectivity index (χ0v) is 19.6. The van der Waals surface area contributed by atoms with Crippen LogP contribution in [0.1, 0.15) is 13.2 Å². The Hall–Kier alpha value is -1.23. The normalized spacial score (nSPS) is 29.7. The smallest absolute Gasteiger partial charge is 0.388 e. The average Bonchev–Trinajstić information content (AvgIpc) is 3.10. The molecule has 0 spiro atoms. The van der Waals surface area contributed by atoms with Gasteiger partial charge >= 0.3 is 23.5 Å². The van der Waals surface area contributed by atoms with Crippen LogP contribution in [-0.4, -0.2) is 67.9 Å². The second-order valence-electron chi connectivity index (χ2n) is 6.78. The third-order valence-corrected chi connectivity index (χ3v) is 8.45. The summed E-state index contributed by atoms with van der Waals surface area (Å²) in [6.45, 7) is 0.379. The topological polar surface area (TPSA) is 279 Å². The second kappa shape index (κ2) is 8.77. The van der Waals surface area contributed by atoms with Gasteiger partial charge < -0.3 is 35.2 Å². The molecule has 6 atom stereocenters. The molecule has 6 unspecified atom stereocenters. The molecule has 1 aliphatic heterocycles. The molecule has 8 N–H and O–H groups in total. The first-order valence-corrected chi connectivity index (χ1v) is 13.3. The predicted molar refractivity (Wildman–Crippen MR) is 107 cm³/mol. The minimum absolute atomic E-state index is 0.0474. The molecule has 1 aliphatic rings. The lowest BCUT2D eigenvalue weighted by atomic mass is 10.0. The van der Waals surface area contributed by atoms with E-state index in [0.29, 0.717) is 0 Å². The number of imidazole rings is 1. The highest BCUT2D eigenvalue weighted by molar-refractivity contribution is 7.66. The first kappa shape index (κ1) is 26.4. The number of phosphoric ester groups is 1. The fourth-order valence-corrected chi connectivity index (χ4v) is 6.26. The summed E-state index contributed by atoms with van der Waals surface area (Å²) in [5, 5.41) is 10.5. The Morgan fingerprint density at radius 3 is 2.52 bits per heavy atom. The monoisotopic (exact) mass is 555 g/mol. The van der Waals surface area contributed by atoms with Crippen LogP contribution in [0.25, 0.3) is 11.2 Å². The first-order chi connectivity index (χ1) is 14.9. The van der Waals surface area contributed by atoms with Gasteiger partial charge in [0.15, 0.2) is 17.4 Å². The molecule has 2 aromatic rings. The number of hydrogen-bond donors (Lipinski definition) is 7. The van der Waals surface area contributed by atoms with Crippen LogP contribution in [0.4, 0.5) is 5.95 Å². The summed E-state index contributed by atoms with van der Waals surface area (Å²) in [6, 6.07) is 0. The van der Waals surface area contributed by atoms with Crippen molar-refractivity contribution >= 4 is 52.2 Å². The molecule has 0 amide bonds. The molecule has 0 saturated carbocycles. The SMILES string of the molecule is CC1(Cl)C(O)C(COP(=O)(O)OP(=O)(O)OP(=O)(O)O)OC1n1cnc2c(=O)[nH]c(N)nc21. The van der Waals surface area contributed by atoms with E-state index >= 15 is 0 Å². The Morgan fingerprint density at radius 2 is 1.91 bits per heavy atom. The van der Waals surface area contributed by atoms with E-state index in [-0.39, 0.29) is 17.1 Å². The van der Waals surface area contributed by atoms with Gasteiger partial charge in [-0.15, -0.1) is 11.6 Å². The Kier molecular flexibility index (Phi) is 7.01. The standard InChI is InChI=1S/C11H17ClN5O13P3/c1-11(12)6(18)4(2-27-32(23,24)30-33(25,26)29-31(20,21)22)28-9(11)17-3-14-5-7(17)15-10(13)16-8(5)19/h3-4,6,9,18H,2H2,1H3,(H,23,24)(H,25,26)(H2,20,21,22)(H3,13,15,16,19). The van der Waals surface area contributed by atoms with Crippen molar-refractivity contribution < 1.29 is 56.3 Å². The van der Waals surface area contributed by atoms with Crippen LogP contribution < -0.4 is 11.3 Å². The van der Waals surface area contributed by atoms with Crippen LogP contribution in [0.3, 0.4) is 0 Å². The van der Waals surface area contributed by atoms with E-state index in [1.54, 1.807) is 0 Å². The molecular formula is C11H17ClN5O13P3. The Morgan fingerprint density at radius 1 is 1.27 bits per heavy atom. The van der Waals surface area contributed by atoms with E-state index < -0.39 is 58.9 Å². The van der Waals surface area contributed by atoms with Crippen molar-refractivity contribution in [3.63, 3.8) is 0 Å². The van der Waals surface area contributed by atoms with E-state index in [0.717, 1.165) is 6.33 Å². The number of aromatic amines is 1. The third kappa shape index (κ3) is 5.89.